The van der Waals surface area contributed by atoms with Crippen LogP contribution in [0.4, 0.5) is 0 Å². The summed E-state index contributed by atoms with van der Waals surface area (Å²) < 4.78 is 1.77. The molecule has 1 aromatic carbocycles. The fourth-order valence-electron chi connectivity index (χ4n) is 2.27. The third-order valence-electron chi connectivity index (χ3n) is 3.72. The zero-order chi connectivity index (χ0) is 15.1. The van der Waals surface area contributed by atoms with Gasteiger partial charge in [0.05, 0.1) is 16.8 Å². The number of carbonyl (C=O) groups is 1. The molecule has 0 aliphatic carbocycles. The minimum atomic E-state index is -0.973. The first-order valence-corrected chi connectivity index (χ1v) is 6.50. The summed E-state index contributed by atoms with van der Waals surface area (Å²) >= 11 is 0. The first kappa shape index (κ1) is 13.2. The molecule has 2 aromatic heterocycles. The zero-order valence-corrected chi connectivity index (χ0v) is 12.0. The first-order chi connectivity index (χ1) is 9.99. The van der Waals surface area contributed by atoms with E-state index in [1.807, 2.05) is 20.8 Å². The van der Waals surface area contributed by atoms with E-state index in [0.717, 1.165) is 22.3 Å². The molecule has 2 heterocycles. The molecule has 6 nitrogen and oxygen atoms in total. The molecule has 6 heteroatoms. The Balaban J connectivity index is 2.28. The summed E-state index contributed by atoms with van der Waals surface area (Å²) in [4.78, 5) is 19.5. The topological polar surface area (TPSA) is 80.9 Å². The van der Waals surface area contributed by atoms with Crippen LogP contribution in [0.3, 0.4) is 0 Å². The first-order valence-electron chi connectivity index (χ1n) is 6.50. The molecule has 3 rings (SSSR count). The molecule has 0 unspecified atom stereocenters. The Labute approximate surface area is 121 Å². The van der Waals surface area contributed by atoms with Crippen molar-refractivity contribution in [1.82, 2.24) is 19.7 Å². The Bertz CT molecular complexity index is 867. The van der Waals surface area contributed by atoms with Gasteiger partial charge in [-0.25, -0.2) is 19.4 Å². The molecule has 0 aliphatic heterocycles. The predicted octanol–water partition coefficient (Wildman–Crippen LogP) is 2.44. The molecular weight excluding hydrogens is 268 g/mol. The molecule has 0 saturated heterocycles. The van der Waals surface area contributed by atoms with E-state index in [0.29, 0.717) is 11.3 Å². The van der Waals surface area contributed by atoms with Crippen molar-refractivity contribution in [2.45, 2.75) is 20.8 Å². The lowest BCUT2D eigenvalue weighted by molar-refractivity contribution is 0.0697. The predicted molar refractivity (Wildman–Crippen MR) is 77.8 cm³/mol. The van der Waals surface area contributed by atoms with Crippen LogP contribution in [0.2, 0.25) is 0 Å². The van der Waals surface area contributed by atoms with Crippen LogP contribution in [-0.2, 0) is 0 Å². The summed E-state index contributed by atoms with van der Waals surface area (Å²) in [5, 5.41) is 14.3. The standard InChI is InChI=1S/C15H14N4O2/c1-8-9(2)18-19(10(8)3)14-12-5-4-11(15(20)21)6-13(12)16-7-17-14/h4-7H,1-3H3,(H,20,21). The summed E-state index contributed by atoms with van der Waals surface area (Å²) in [6.45, 7) is 5.94. The minimum absolute atomic E-state index is 0.205. The second-order valence-electron chi connectivity index (χ2n) is 4.94. The highest BCUT2D eigenvalue weighted by Crippen LogP contribution is 2.22. The van der Waals surface area contributed by atoms with Crippen LogP contribution in [-0.4, -0.2) is 30.8 Å². The number of aromatic nitrogens is 4. The zero-order valence-electron chi connectivity index (χ0n) is 12.0. The van der Waals surface area contributed by atoms with Gasteiger partial charge in [-0.3, -0.25) is 0 Å². The third-order valence-corrected chi connectivity index (χ3v) is 3.72. The van der Waals surface area contributed by atoms with Crippen molar-refractivity contribution in [2.24, 2.45) is 0 Å². The van der Waals surface area contributed by atoms with Gasteiger partial charge in [-0.15, -0.1) is 0 Å². The van der Waals surface area contributed by atoms with Crippen molar-refractivity contribution in [3.63, 3.8) is 0 Å². The lowest BCUT2D eigenvalue weighted by Crippen LogP contribution is -2.04. The van der Waals surface area contributed by atoms with E-state index in [9.17, 15) is 4.79 Å². The largest absolute Gasteiger partial charge is 0.478 e. The molecule has 0 aliphatic rings. The Morgan fingerprint density at radius 3 is 2.57 bits per heavy atom. The summed E-state index contributed by atoms with van der Waals surface area (Å²) in [5.41, 5.74) is 3.86. The van der Waals surface area contributed by atoms with Crippen LogP contribution in [0.25, 0.3) is 16.7 Å². The molecular formula is C15H14N4O2. The smallest absolute Gasteiger partial charge is 0.335 e. The fraction of sp³-hybridized carbons (Fsp3) is 0.200. The summed E-state index contributed by atoms with van der Waals surface area (Å²) in [6.07, 6.45) is 1.43. The number of carboxylic acids is 1. The molecule has 21 heavy (non-hydrogen) atoms. The SMILES string of the molecule is Cc1nn(-c2ncnc3cc(C(=O)O)ccc23)c(C)c1C. The summed E-state index contributed by atoms with van der Waals surface area (Å²) in [7, 11) is 0. The van der Waals surface area contributed by atoms with Gasteiger partial charge in [0, 0.05) is 11.1 Å². The second-order valence-corrected chi connectivity index (χ2v) is 4.94. The summed E-state index contributed by atoms with van der Waals surface area (Å²) in [5.74, 6) is -0.315. The highest BCUT2D eigenvalue weighted by atomic mass is 16.4. The molecule has 0 radical (unpaired) electrons. The van der Waals surface area contributed by atoms with Gasteiger partial charge in [0.1, 0.15) is 6.33 Å². The van der Waals surface area contributed by atoms with Gasteiger partial charge in [0.15, 0.2) is 5.82 Å². The number of fused-ring (bicyclic) bond motifs is 1. The molecule has 106 valence electrons. The molecule has 0 amide bonds. The normalized spacial score (nSPS) is 11.0. The average molecular weight is 282 g/mol. The number of hydrogen-bond acceptors (Lipinski definition) is 4. The van der Waals surface area contributed by atoms with E-state index in [-0.39, 0.29) is 5.56 Å². The molecule has 1 N–H and O–H groups in total. The van der Waals surface area contributed by atoms with Crippen LogP contribution in [0, 0.1) is 20.8 Å². The van der Waals surface area contributed by atoms with Crippen molar-refractivity contribution >= 4 is 16.9 Å². The monoisotopic (exact) mass is 282 g/mol. The number of carboxylic acid groups (broad SMARTS) is 1. The second kappa shape index (κ2) is 4.66. The van der Waals surface area contributed by atoms with Crippen molar-refractivity contribution < 1.29 is 9.90 Å². The molecule has 0 spiro atoms. The lowest BCUT2D eigenvalue weighted by atomic mass is 10.1. The molecule has 3 aromatic rings. The fourth-order valence-corrected chi connectivity index (χ4v) is 2.27. The van der Waals surface area contributed by atoms with Crippen molar-refractivity contribution in [2.75, 3.05) is 0 Å². The van der Waals surface area contributed by atoms with Crippen LogP contribution >= 0.6 is 0 Å². The maximum absolute atomic E-state index is 11.0. The number of aryl methyl sites for hydroxylation is 1. The highest BCUT2D eigenvalue weighted by Gasteiger charge is 2.14. The molecule has 0 fully saturated rings. The van der Waals surface area contributed by atoms with Crippen molar-refractivity contribution in [1.29, 1.82) is 0 Å². The minimum Gasteiger partial charge on any atom is -0.478 e. The number of rotatable bonds is 2. The maximum atomic E-state index is 11.0. The molecule has 0 saturated carbocycles. The van der Waals surface area contributed by atoms with E-state index in [2.05, 4.69) is 15.1 Å². The van der Waals surface area contributed by atoms with Crippen LogP contribution in [0.5, 0.6) is 0 Å². The van der Waals surface area contributed by atoms with Gasteiger partial charge in [-0.2, -0.15) is 5.10 Å². The van der Waals surface area contributed by atoms with Crippen LogP contribution < -0.4 is 0 Å². The Hall–Kier alpha value is -2.76. The molecule has 0 bridgehead atoms. The number of aromatic carboxylic acids is 1. The average Bonchev–Trinajstić information content (AvgIpc) is 2.73. The van der Waals surface area contributed by atoms with Gasteiger partial charge in [0.25, 0.3) is 0 Å². The third kappa shape index (κ3) is 2.05. The molecule has 0 atom stereocenters. The van der Waals surface area contributed by atoms with E-state index >= 15 is 0 Å². The van der Waals surface area contributed by atoms with Gasteiger partial charge in [0.2, 0.25) is 0 Å². The Morgan fingerprint density at radius 2 is 1.95 bits per heavy atom. The van der Waals surface area contributed by atoms with Crippen LogP contribution in [0.15, 0.2) is 24.5 Å². The van der Waals surface area contributed by atoms with Crippen LogP contribution in [0.1, 0.15) is 27.3 Å². The highest BCUT2D eigenvalue weighted by molar-refractivity contribution is 5.94. The van der Waals surface area contributed by atoms with Gasteiger partial charge >= 0.3 is 5.97 Å². The maximum Gasteiger partial charge on any atom is 0.335 e. The lowest BCUT2D eigenvalue weighted by Gasteiger charge is -2.07. The van der Waals surface area contributed by atoms with Gasteiger partial charge < -0.3 is 5.11 Å². The number of nitrogens with zero attached hydrogens (tertiary/aromatic N) is 4. The van der Waals surface area contributed by atoms with Crippen molar-refractivity contribution in [3.8, 4) is 5.82 Å². The number of benzene rings is 1. The van der Waals surface area contributed by atoms with E-state index in [1.54, 1.807) is 22.9 Å². The van der Waals surface area contributed by atoms with Gasteiger partial charge in [-0.1, -0.05) is 0 Å². The number of hydrogen-bond donors (Lipinski definition) is 1. The quantitative estimate of drug-likeness (QED) is 0.780. The van der Waals surface area contributed by atoms with E-state index in [4.69, 9.17) is 5.11 Å². The van der Waals surface area contributed by atoms with Crippen molar-refractivity contribution in [3.05, 3.63) is 47.0 Å². The van der Waals surface area contributed by atoms with E-state index in [1.165, 1.54) is 6.33 Å². The van der Waals surface area contributed by atoms with Gasteiger partial charge in [-0.05, 0) is 44.5 Å². The Kier molecular flexibility index (Phi) is 2.94. The van der Waals surface area contributed by atoms with E-state index < -0.39 is 5.97 Å². The summed E-state index contributed by atoms with van der Waals surface area (Å²) in [6, 6.07) is 4.82. The Morgan fingerprint density at radius 1 is 1.19 bits per heavy atom.